The number of anilines is 1. The molecule has 36 heavy (non-hydrogen) atoms. The van der Waals surface area contributed by atoms with E-state index in [9.17, 15) is 13.2 Å². The third kappa shape index (κ3) is 5.35. The number of hydrogen-bond donors (Lipinski definition) is 1. The Hall–Kier alpha value is -3.47. The van der Waals surface area contributed by atoms with Crippen molar-refractivity contribution in [3.05, 3.63) is 77.9 Å². The summed E-state index contributed by atoms with van der Waals surface area (Å²) in [6.45, 7) is 3.94. The molecule has 8 nitrogen and oxygen atoms in total. The number of aromatic nitrogens is 1. The number of sulfonamides is 1. The first kappa shape index (κ1) is 25.6. The maximum atomic E-state index is 13.4. The lowest BCUT2D eigenvalue weighted by molar-refractivity contribution is 0.102. The van der Waals surface area contributed by atoms with Crippen molar-refractivity contribution < 1.29 is 22.7 Å². The van der Waals surface area contributed by atoms with Crippen molar-refractivity contribution in [3.8, 4) is 11.5 Å². The first-order valence-electron chi connectivity index (χ1n) is 11.2. The van der Waals surface area contributed by atoms with E-state index in [0.29, 0.717) is 27.7 Å². The van der Waals surface area contributed by atoms with E-state index in [-0.39, 0.29) is 23.4 Å². The largest absolute Gasteiger partial charge is 0.493 e. The van der Waals surface area contributed by atoms with Gasteiger partial charge in [0, 0.05) is 30.3 Å². The van der Waals surface area contributed by atoms with Crippen LogP contribution < -0.4 is 14.8 Å². The van der Waals surface area contributed by atoms with Gasteiger partial charge in [-0.2, -0.15) is 4.31 Å². The third-order valence-corrected chi connectivity index (χ3v) is 8.56. The van der Waals surface area contributed by atoms with Crippen molar-refractivity contribution in [3.63, 3.8) is 0 Å². The second-order valence-electron chi connectivity index (χ2n) is 8.30. The van der Waals surface area contributed by atoms with Crippen molar-refractivity contribution in [2.75, 3.05) is 19.5 Å². The summed E-state index contributed by atoms with van der Waals surface area (Å²) in [5.74, 6) is 0.737. The highest BCUT2D eigenvalue weighted by Gasteiger charge is 2.27. The maximum absolute atomic E-state index is 13.4. The summed E-state index contributed by atoms with van der Waals surface area (Å²) in [6, 6.07) is 18.7. The molecule has 0 fully saturated rings. The number of thiazole rings is 1. The minimum absolute atomic E-state index is 0.128. The first-order chi connectivity index (χ1) is 17.2. The number of amides is 1. The van der Waals surface area contributed by atoms with Gasteiger partial charge in [-0.15, -0.1) is 0 Å². The summed E-state index contributed by atoms with van der Waals surface area (Å²) in [7, 11) is -0.662. The fraction of sp³-hybridized carbons (Fsp3) is 0.231. The molecule has 3 aromatic carbocycles. The molecule has 1 N–H and O–H groups in total. The highest BCUT2D eigenvalue weighted by molar-refractivity contribution is 7.89. The molecule has 0 saturated carbocycles. The van der Waals surface area contributed by atoms with E-state index in [1.807, 2.05) is 44.2 Å². The molecule has 10 heteroatoms. The van der Waals surface area contributed by atoms with E-state index >= 15 is 0 Å². The number of benzene rings is 3. The predicted octanol–water partition coefficient (Wildman–Crippen LogP) is 5.17. The second kappa shape index (κ2) is 10.7. The molecule has 4 rings (SSSR count). The van der Waals surface area contributed by atoms with E-state index in [1.165, 1.54) is 39.9 Å². The molecule has 0 spiro atoms. The number of carbonyl (C=O) groups is 1. The Balaban J connectivity index is 1.52. The zero-order chi connectivity index (χ0) is 25.9. The van der Waals surface area contributed by atoms with Crippen LogP contribution in [0.15, 0.2) is 71.6 Å². The second-order valence-corrected chi connectivity index (χ2v) is 11.2. The first-order valence-corrected chi connectivity index (χ1v) is 13.5. The zero-order valence-electron chi connectivity index (χ0n) is 20.4. The molecule has 0 saturated heterocycles. The summed E-state index contributed by atoms with van der Waals surface area (Å²) in [6.07, 6.45) is 0. The van der Waals surface area contributed by atoms with Gasteiger partial charge in [0.2, 0.25) is 10.0 Å². The van der Waals surface area contributed by atoms with E-state index in [4.69, 9.17) is 9.47 Å². The number of nitrogens with zero attached hydrogens (tertiary/aromatic N) is 2. The number of hydrogen-bond acceptors (Lipinski definition) is 7. The van der Waals surface area contributed by atoms with Crippen LogP contribution in [0, 0.1) is 0 Å². The van der Waals surface area contributed by atoms with Crippen molar-refractivity contribution in [1.29, 1.82) is 0 Å². The Morgan fingerprint density at radius 3 is 2.25 bits per heavy atom. The smallest absolute Gasteiger partial charge is 0.257 e. The fourth-order valence-electron chi connectivity index (χ4n) is 3.70. The Kier molecular flexibility index (Phi) is 7.58. The van der Waals surface area contributed by atoms with Gasteiger partial charge in [-0.1, -0.05) is 41.7 Å². The molecule has 0 aliphatic heterocycles. The Labute approximate surface area is 214 Å². The number of ether oxygens (including phenoxy) is 2. The van der Waals surface area contributed by atoms with Gasteiger partial charge in [0.1, 0.15) is 0 Å². The zero-order valence-corrected chi connectivity index (χ0v) is 22.0. The lowest BCUT2D eigenvalue weighted by Gasteiger charge is -2.26. The molecule has 0 aliphatic rings. The van der Waals surface area contributed by atoms with Crippen LogP contribution in [-0.4, -0.2) is 43.9 Å². The number of rotatable bonds is 9. The molecule has 1 aromatic heterocycles. The van der Waals surface area contributed by atoms with Crippen LogP contribution in [0.1, 0.15) is 29.8 Å². The van der Waals surface area contributed by atoms with Crippen LogP contribution in [0.4, 0.5) is 5.13 Å². The van der Waals surface area contributed by atoms with Crippen LogP contribution in [0.2, 0.25) is 0 Å². The topological polar surface area (TPSA) is 97.8 Å². The summed E-state index contributed by atoms with van der Waals surface area (Å²) in [5.41, 5.74) is 1.89. The molecule has 0 radical (unpaired) electrons. The minimum atomic E-state index is -3.76. The van der Waals surface area contributed by atoms with Gasteiger partial charge in [-0.3, -0.25) is 10.1 Å². The molecule has 1 amide bonds. The fourth-order valence-corrected chi connectivity index (χ4v) is 6.20. The van der Waals surface area contributed by atoms with Gasteiger partial charge >= 0.3 is 0 Å². The van der Waals surface area contributed by atoms with E-state index < -0.39 is 10.0 Å². The van der Waals surface area contributed by atoms with Crippen molar-refractivity contribution in [2.24, 2.45) is 0 Å². The molecular weight excluding hydrogens is 498 g/mol. The van der Waals surface area contributed by atoms with Crippen molar-refractivity contribution in [2.45, 2.75) is 31.3 Å². The average molecular weight is 526 g/mol. The maximum Gasteiger partial charge on any atom is 0.257 e. The third-order valence-electron chi connectivity index (χ3n) is 5.59. The van der Waals surface area contributed by atoms with Crippen LogP contribution in [0.3, 0.4) is 0 Å². The highest BCUT2D eigenvalue weighted by atomic mass is 32.2. The molecule has 1 heterocycles. The number of carbonyl (C=O) groups excluding carboxylic acids is 1. The standard InChI is InChI=1S/C26H27N3O5S2/c1-17(2)29(16-18-8-6-5-7-9-18)36(31,32)20-12-10-19(11-13-20)25(30)28-26-27-21-14-22(33-3)23(34-4)15-24(21)35-26/h5-15,17H,16H2,1-4H3,(H,27,28,30). The summed E-state index contributed by atoms with van der Waals surface area (Å²) < 4.78 is 39.6. The molecule has 0 aliphatic carbocycles. The molecule has 4 aromatic rings. The molecule has 0 atom stereocenters. The molecular formula is C26H27N3O5S2. The van der Waals surface area contributed by atoms with E-state index in [0.717, 1.165) is 10.3 Å². The van der Waals surface area contributed by atoms with Crippen molar-refractivity contribution in [1.82, 2.24) is 9.29 Å². The van der Waals surface area contributed by atoms with Gasteiger partial charge in [0.05, 0.1) is 29.3 Å². The SMILES string of the molecule is COc1cc2nc(NC(=O)c3ccc(S(=O)(=O)N(Cc4ccccc4)C(C)C)cc3)sc2cc1OC. The lowest BCUT2D eigenvalue weighted by atomic mass is 10.2. The Bertz CT molecular complexity index is 1430. The normalized spacial score (nSPS) is 11.7. The summed E-state index contributed by atoms with van der Waals surface area (Å²) in [5, 5.41) is 3.19. The average Bonchev–Trinajstić information content (AvgIpc) is 3.27. The van der Waals surface area contributed by atoms with Gasteiger partial charge in [0.15, 0.2) is 16.6 Å². The van der Waals surface area contributed by atoms with E-state index in [1.54, 1.807) is 26.4 Å². The predicted molar refractivity (Wildman–Crippen MR) is 141 cm³/mol. The number of methoxy groups -OCH3 is 2. The van der Waals surface area contributed by atoms with Gasteiger partial charge < -0.3 is 9.47 Å². The van der Waals surface area contributed by atoms with E-state index in [2.05, 4.69) is 10.3 Å². The monoisotopic (exact) mass is 525 g/mol. The van der Waals surface area contributed by atoms with Crippen LogP contribution in [-0.2, 0) is 16.6 Å². The van der Waals surface area contributed by atoms with Gasteiger partial charge in [-0.25, -0.2) is 13.4 Å². The number of fused-ring (bicyclic) bond motifs is 1. The quantitative estimate of drug-likeness (QED) is 0.324. The van der Waals surface area contributed by atoms with Crippen molar-refractivity contribution >= 4 is 42.6 Å². The molecule has 0 unspecified atom stereocenters. The van der Waals surface area contributed by atoms with Crippen LogP contribution >= 0.6 is 11.3 Å². The lowest BCUT2D eigenvalue weighted by Crippen LogP contribution is -2.36. The van der Waals surface area contributed by atoms with Gasteiger partial charge in [0.25, 0.3) is 5.91 Å². The van der Waals surface area contributed by atoms with Crippen LogP contribution in [0.25, 0.3) is 10.2 Å². The number of nitrogens with one attached hydrogen (secondary N) is 1. The Morgan fingerprint density at radius 2 is 1.64 bits per heavy atom. The van der Waals surface area contributed by atoms with Crippen LogP contribution in [0.5, 0.6) is 11.5 Å². The highest BCUT2D eigenvalue weighted by Crippen LogP contribution is 2.36. The molecule has 0 bridgehead atoms. The van der Waals surface area contributed by atoms with Gasteiger partial charge in [-0.05, 0) is 43.7 Å². The molecule has 188 valence electrons. The Morgan fingerprint density at radius 1 is 1.00 bits per heavy atom. The summed E-state index contributed by atoms with van der Waals surface area (Å²) in [4.78, 5) is 17.4. The minimum Gasteiger partial charge on any atom is -0.493 e. The summed E-state index contributed by atoms with van der Waals surface area (Å²) >= 11 is 1.30.